The third-order valence-corrected chi connectivity index (χ3v) is 1.12. The van der Waals surface area contributed by atoms with Gasteiger partial charge in [-0.3, -0.25) is 5.10 Å². The minimum Gasteiger partial charge on any atom is -0.455 e. The maximum absolute atomic E-state index is 11.2. The van der Waals surface area contributed by atoms with Gasteiger partial charge in [-0.25, -0.2) is 4.79 Å². The van der Waals surface area contributed by atoms with Gasteiger partial charge in [-0.2, -0.15) is 5.10 Å². The smallest absolute Gasteiger partial charge is 0.356 e. The summed E-state index contributed by atoms with van der Waals surface area (Å²) in [5.41, 5.74) is -0.0766. The van der Waals surface area contributed by atoms with Crippen molar-refractivity contribution in [2.45, 2.75) is 26.4 Å². The average Bonchev–Trinajstić information content (AvgIpc) is 2.32. The van der Waals surface area contributed by atoms with E-state index in [0.717, 1.165) is 0 Å². The van der Waals surface area contributed by atoms with Gasteiger partial charge in [-0.15, -0.1) is 0 Å². The zero-order valence-electron chi connectivity index (χ0n) is 7.42. The molecule has 12 heavy (non-hydrogen) atoms. The molecule has 1 rings (SSSR count). The molecule has 0 bridgehead atoms. The molecule has 1 aromatic rings. The molecule has 1 aromatic heterocycles. The van der Waals surface area contributed by atoms with Crippen LogP contribution in [0.2, 0.25) is 0 Å². The van der Waals surface area contributed by atoms with Gasteiger partial charge in [0.15, 0.2) is 0 Å². The first-order chi connectivity index (χ1) is 5.49. The Morgan fingerprint density at radius 2 is 2.25 bits per heavy atom. The van der Waals surface area contributed by atoms with Gasteiger partial charge >= 0.3 is 5.97 Å². The van der Waals surface area contributed by atoms with Gasteiger partial charge in [0.25, 0.3) is 0 Å². The number of hydrogen-bond donors (Lipinski definition) is 1. The quantitative estimate of drug-likeness (QED) is 0.644. The first-order valence-corrected chi connectivity index (χ1v) is 3.72. The maximum atomic E-state index is 11.2. The summed E-state index contributed by atoms with van der Waals surface area (Å²) in [6, 6.07) is 1.58. The van der Waals surface area contributed by atoms with Crippen molar-refractivity contribution in [1.29, 1.82) is 0 Å². The predicted molar refractivity (Wildman–Crippen MR) is 43.8 cm³/mol. The summed E-state index contributed by atoms with van der Waals surface area (Å²) >= 11 is 0. The molecule has 1 heterocycles. The van der Waals surface area contributed by atoms with E-state index in [1.54, 1.807) is 6.07 Å². The van der Waals surface area contributed by atoms with Crippen LogP contribution < -0.4 is 0 Å². The Morgan fingerprint density at radius 3 is 2.67 bits per heavy atom. The van der Waals surface area contributed by atoms with Crippen molar-refractivity contribution in [2.24, 2.45) is 0 Å². The Morgan fingerprint density at radius 1 is 1.58 bits per heavy atom. The van der Waals surface area contributed by atoms with Crippen LogP contribution >= 0.6 is 0 Å². The third kappa shape index (κ3) is 2.38. The lowest BCUT2D eigenvalue weighted by molar-refractivity contribution is 0.00628. The lowest BCUT2D eigenvalue weighted by atomic mass is 10.2. The number of carbonyl (C=O) groups is 1. The summed E-state index contributed by atoms with van der Waals surface area (Å²) in [7, 11) is 0. The molecule has 4 heteroatoms. The maximum Gasteiger partial charge on any atom is 0.356 e. The molecule has 0 amide bonds. The SMILES string of the molecule is CC(C)(C)OC(=O)c1ccn[nH]1. The number of rotatable bonds is 1. The van der Waals surface area contributed by atoms with Crippen LogP contribution in [0.5, 0.6) is 0 Å². The largest absolute Gasteiger partial charge is 0.455 e. The van der Waals surface area contributed by atoms with Crippen LogP contribution in [-0.2, 0) is 4.74 Å². The van der Waals surface area contributed by atoms with Crippen molar-refractivity contribution in [3.8, 4) is 0 Å². The molecule has 0 saturated carbocycles. The van der Waals surface area contributed by atoms with E-state index in [4.69, 9.17) is 4.74 Å². The monoisotopic (exact) mass is 168 g/mol. The van der Waals surface area contributed by atoms with E-state index in [1.807, 2.05) is 20.8 Å². The van der Waals surface area contributed by atoms with Crippen molar-refractivity contribution in [2.75, 3.05) is 0 Å². The molecule has 66 valence electrons. The van der Waals surface area contributed by atoms with Crippen molar-refractivity contribution in [1.82, 2.24) is 10.2 Å². The molecule has 0 saturated heterocycles. The Bertz CT molecular complexity index is 259. The van der Waals surface area contributed by atoms with Crippen LogP contribution in [0.15, 0.2) is 12.3 Å². The second-order valence-corrected chi connectivity index (χ2v) is 3.47. The van der Waals surface area contributed by atoms with Crippen LogP contribution in [0.4, 0.5) is 0 Å². The molecular weight excluding hydrogens is 156 g/mol. The summed E-state index contributed by atoms with van der Waals surface area (Å²) in [4.78, 5) is 11.2. The standard InChI is InChI=1S/C8H12N2O2/c1-8(2,3)12-7(11)6-4-5-9-10-6/h4-5H,1-3H3,(H,9,10). The highest BCUT2D eigenvalue weighted by Crippen LogP contribution is 2.09. The fourth-order valence-electron chi connectivity index (χ4n) is 0.703. The van der Waals surface area contributed by atoms with Crippen LogP contribution in [0, 0.1) is 0 Å². The van der Waals surface area contributed by atoms with Crippen molar-refractivity contribution in [3.05, 3.63) is 18.0 Å². The zero-order valence-corrected chi connectivity index (χ0v) is 7.42. The highest BCUT2D eigenvalue weighted by Gasteiger charge is 2.18. The number of hydrogen-bond acceptors (Lipinski definition) is 3. The first-order valence-electron chi connectivity index (χ1n) is 3.72. The topological polar surface area (TPSA) is 55.0 Å². The van der Waals surface area contributed by atoms with Gasteiger partial charge in [-0.05, 0) is 26.8 Å². The lowest BCUT2D eigenvalue weighted by Crippen LogP contribution is -2.24. The average molecular weight is 168 g/mol. The number of H-pyrrole nitrogens is 1. The molecule has 1 N–H and O–H groups in total. The molecule has 0 aliphatic rings. The Labute approximate surface area is 70.9 Å². The molecule has 0 atom stereocenters. The number of ether oxygens (including phenoxy) is 1. The summed E-state index contributed by atoms with van der Waals surface area (Å²) in [5.74, 6) is -0.375. The molecule has 0 fully saturated rings. The number of carbonyl (C=O) groups excluding carboxylic acids is 1. The minimum atomic E-state index is -0.456. The number of aromatic nitrogens is 2. The first kappa shape index (κ1) is 8.77. The number of nitrogens with zero attached hydrogens (tertiary/aromatic N) is 1. The van der Waals surface area contributed by atoms with E-state index in [2.05, 4.69) is 10.2 Å². The van der Waals surface area contributed by atoms with E-state index < -0.39 is 5.60 Å². The molecule has 0 unspecified atom stereocenters. The Balaban J connectivity index is 2.63. The molecule has 0 aliphatic carbocycles. The van der Waals surface area contributed by atoms with Crippen molar-refractivity contribution in [3.63, 3.8) is 0 Å². The normalized spacial score (nSPS) is 11.2. The van der Waals surface area contributed by atoms with Gasteiger partial charge in [0.1, 0.15) is 11.3 Å². The molecule has 0 aliphatic heterocycles. The fraction of sp³-hybridized carbons (Fsp3) is 0.500. The highest BCUT2D eigenvalue weighted by molar-refractivity contribution is 5.87. The molecule has 4 nitrogen and oxygen atoms in total. The second kappa shape index (κ2) is 2.97. The van der Waals surface area contributed by atoms with Gasteiger partial charge in [0.2, 0.25) is 0 Å². The number of aromatic amines is 1. The van der Waals surface area contributed by atoms with Gasteiger partial charge < -0.3 is 4.74 Å². The highest BCUT2D eigenvalue weighted by atomic mass is 16.6. The van der Waals surface area contributed by atoms with Gasteiger partial charge in [-0.1, -0.05) is 0 Å². The van der Waals surface area contributed by atoms with E-state index >= 15 is 0 Å². The van der Waals surface area contributed by atoms with Crippen LogP contribution in [-0.4, -0.2) is 21.8 Å². The minimum absolute atomic E-state index is 0.375. The molecular formula is C8H12N2O2. The second-order valence-electron chi connectivity index (χ2n) is 3.47. The van der Waals surface area contributed by atoms with Crippen molar-refractivity contribution < 1.29 is 9.53 Å². The summed E-state index contributed by atoms with van der Waals surface area (Å²) < 4.78 is 5.07. The summed E-state index contributed by atoms with van der Waals surface area (Å²) in [6.07, 6.45) is 1.51. The zero-order chi connectivity index (χ0) is 9.19. The molecule has 0 radical (unpaired) electrons. The third-order valence-electron chi connectivity index (χ3n) is 1.12. The van der Waals surface area contributed by atoms with E-state index in [1.165, 1.54) is 6.20 Å². The van der Waals surface area contributed by atoms with Crippen LogP contribution in [0.3, 0.4) is 0 Å². The fourth-order valence-corrected chi connectivity index (χ4v) is 0.703. The summed E-state index contributed by atoms with van der Waals surface area (Å²) in [6.45, 7) is 5.46. The molecule has 0 spiro atoms. The predicted octanol–water partition coefficient (Wildman–Crippen LogP) is 1.36. The number of nitrogens with one attached hydrogen (secondary N) is 1. The Hall–Kier alpha value is -1.32. The van der Waals surface area contributed by atoms with Gasteiger partial charge in [0.05, 0.1) is 0 Å². The van der Waals surface area contributed by atoms with Gasteiger partial charge in [0, 0.05) is 6.20 Å². The van der Waals surface area contributed by atoms with E-state index in [0.29, 0.717) is 5.69 Å². The van der Waals surface area contributed by atoms with Crippen molar-refractivity contribution >= 4 is 5.97 Å². The summed E-state index contributed by atoms with van der Waals surface area (Å²) in [5, 5.41) is 6.18. The Kier molecular flexibility index (Phi) is 2.17. The lowest BCUT2D eigenvalue weighted by Gasteiger charge is -2.18. The van der Waals surface area contributed by atoms with Crippen LogP contribution in [0.25, 0.3) is 0 Å². The van der Waals surface area contributed by atoms with Crippen LogP contribution in [0.1, 0.15) is 31.3 Å². The number of esters is 1. The van der Waals surface area contributed by atoms with E-state index in [9.17, 15) is 4.79 Å². The molecule has 0 aromatic carbocycles. The van der Waals surface area contributed by atoms with E-state index in [-0.39, 0.29) is 5.97 Å².